The molecule has 290 valence electrons. The molecule has 8 heteroatoms. The highest BCUT2D eigenvalue weighted by Crippen LogP contribution is 2.15. The van der Waals surface area contributed by atoms with Gasteiger partial charge in [0, 0.05) is 19.3 Å². The number of hydrogen-bond acceptors (Lipinski definition) is 7. The molecule has 0 fully saturated rings. The highest BCUT2D eigenvalue weighted by atomic mass is 16.6. The standard InChI is InChI=1S/C41H79NO7/c1-6-8-10-12-14-16-17-18-19-20-21-22-24-25-27-29-31-39(43)48-36-37(35-47-34-33-38(41(45)46)42(3,4)5)49-40(44)32-30-28-26-23-15-13-11-9-7-2/h37-38H,6-36H2,1-5H3. The van der Waals surface area contributed by atoms with Crippen molar-refractivity contribution in [2.24, 2.45) is 0 Å². The second-order valence-corrected chi connectivity index (χ2v) is 15.2. The first-order valence-electron chi connectivity index (χ1n) is 20.6. The van der Waals surface area contributed by atoms with Gasteiger partial charge in [0.15, 0.2) is 6.10 Å². The highest BCUT2D eigenvalue weighted by Gasteiger charge is 2.25. The summed E-state index contributed by atoms with van der Waals surface area (Å²) in [5, 5.41) is 11.6. The van der Waals surface area contributed by atoms with Crippen molar-refractivity contribution in [3.05, 3.63) is 0 Å². The number of hydrogen-bond donors (Lipinski definition) is 0. The largest absolute Gasteiger partial charge is 0.544 e. The van der Waals surface area contributed by atoms with Gasteiger partial charge in [0.25, 0.3) is 0 Å². The molecule has 0 bridgehead atoms. The van der Waals surface area contributed by atoms with Crippen molar-refractivity contribution in [3.63, 3.8) is 0 Å². The number of carboxylic acid groups (broad SMARTS) is 1. The van der Waals surface area contributed by atoms with E-state index in [1.54, 1.807) is 21.1 Å². The Kier molecular flexibility index (Phi) is 32.3. The maximum atomic E-state index is 12.6. The van der Waals surface area contributed by atoms with Crippen LogP contribution < -0.4 is 5.11 Å². The molecule has 0 aromatic heterocycles. The number of carboxylic acids is 1. The number of carbonyl (C=O) groups is 3. The molecule has 8 nitrogen and oxygen atoms in total. The van der Waals surface area contributed by atoms with Crippen molar-refractivity contribution in [1.29, 1.82) is 0 Å². The van der Waals surface area contributed by atoms with Crippen molar-refractivity contribution >= 4 is 17.9 Å². The minimum absolute atomic E-state index is 0.0484. The third-order valence-electron chi connectivity index (χ3n) is 9.49. The van der Waals surface area contributed by atoms with Gasteiger partial charge in [0.2, 0.25) is 0 Å². The lowest BCUT2D eigenvalue weighted by atomic mass is 10.0. The summed E-state index contributed by atoms with van der Waals surface area (Å²) in [6.07, 6.45) is 31.2. The predicted molar refractivity (Wildman–Crippen MR) is 199 cm³/mol. The lowest BCUT2D eigenvalue weighted by molar-refractivity contribution is -0.889. The number of esters is 2. The lowest BCUT2D eigenvalue weighted by Gasteiger charge is -2.34. The number of carbonyl (C=O) groups excluding carboxylic acids is 3. The number of nitrogens with zero attached hydrogens (tertiary/aromatic N) is 1. The minimum atomic E-state index is -1.12. The van der Waals surface area contributed by atoms with Crippen LogP contribution in [0, 0.1) is 0 Å². The van der Waals surface area contributed by atoms with Crippen LogP contribution >= 0.6 is 0 Å². The summed E-state index contributed by atoms with van der Waals surface area (Å²) >= 11 is 0. The molecule has 0 amide bonds. The molecule has 2 atom stereocenters. The van der Waals surface area contributed by atoms with Crippen LogP contribution in [0.5, 0.6) is 0 Å². The molecule has 0 saturated heterocycles. The first-order valence-corrected chi connectivity index (χ1v) is 20.6. The van der Waals surface area contributed by atoms with Crippen LogP contribution in [-0.2, 0) is 28.6 Å². The Morgan fingerprint density at radius 1 is 0.531 bits per heavy atom. The zero-order valence-corrected chi connectivity index (χ0v) is 32.9. The maximum absolute atomic E-state index is 12.6. The molecule has 49 heavy (non-hydrogen) atoms. The fourth-order valence-electron chi connectivity index (χ4n) is 6.25. The van der Waals surface area contributed by atoms with E-state index in [4.69, 9.17) is 14.2 Å². The number of aliphatic carboxylic acids is 1. The van der Waals surface area contributed by atoms with Gasteiger partial charge in [-0.1, -0.05) is 162 Å². The fourth-order valence-corrected chi connectivity index (χ4v) is 6.25. The second-order valence-electron chi connectivity index (χ2n) is 15.2. The molecule has 0 aliphatic rings. The molecule has 0 aromatic carbocycles. The Morgan fingerprint density at radius 2 is 0.898 bits per heavy atom. The summed E-state index contributed by atoms with van der Waals surface area (Å²) in [7, 11) is 5.41. The summed E-state index contributed by atoms with van der Waals surface area (Å²) in [5.74, 6) is -1.72. The molecule has 0 N–H and O–H groups in total. The van der Waals surface area contributed by atoms with E-state index in [0.717, 1.165) is 38.5 Å². The second kappa shape index (κ2) is 33.5. The monoisotopic (exact) mass is 698 g/mol. The van der Waals surface area contributed by atoms with Gasteiger partial charge in [-0.25, -0.2) is 0 Å². The minimum Gasteiger partial charge on any atom is -0.544 e. The summed E-state index contributed by atoms with van der Waals surface area (Å²) in [6, 6.07) is -0.717. The predicted octanol–water partition coefficient (Wildman–Crippen LogP) is 9.25. The van der Waals surface area contributed by atoms with E-state index >= 15 is 0 Å². The topological polar surface area (TPSA) is 102 Å². The Balaban J connectivity index is 4.28. The molecule has 0 aliphatic heterocycles. The Bertz CT molecular complexity index is 782. The van der Waals surface area contributed by atoms with Gasteiger partial charge in [-0.15, -0.1) is 0 Å². The van der Waals surface area contributed by atoms with Crippen molar-refractivity contribution in [2.45, 2.75) is 206 Å². The summed E-state index contributed by atoms with van der Waals surface area (Å²) in [6.45, 7) is 4.66. The van der Waals surface area contributed by atoms with E-state index in [1.807, 2.05) is 0 Å². The number of quaternary nitrogens is 1. The molecule has 0 heterocycles. The van der Waals surface area contributed by atoms with E-state index in [1.165, 1.54) is 122 Å². The SMILES string of the molecule is CCCCCCCCCCCCCCCCCCC(=O)OCC(COCCC(C(=O)[O-])[N+](C)(C)C)OC(=O)CCCCCCCCCCC. The van der Waals surface area contributed by atoms with Crippen LogP contribution in [0.2, 0.25) is 0 Å². The van der Waals surface area contributed by atoms with Gasteiger partial charge in [-0.3, -0.25) is 9.59 Å². The number of likely N-dealkylation sites (N-methyl/N-ethyl adjacent to an activating group) is 1. The molecule has 0 rings (SSSR count). The van der Waals surface area contributed by atoms with Crippen LogP contribution in [-0.4, -0.2) is 75.5 Å². The average Bonchev–Trinajstić information content (AvgIpc) is 3.05. The summed E-state index contributed by atoms with van der Waals surface area (Å²) in [4.78, 5) is 36.6. The Hall–Kier alpha value is -1.67. The molecule has 0 aliphatic carbocycles. The molecule has 2 unspecified atom stereocenters. The van der Waals surface area contributed by atoms with E-state index in [0.29, 0.717) is 12.8 Å². The third kappa shape index (κ3) is 32.0. The molecular weight excluding hydrogens is 618 g/mol. The number of ether oxygens (including phenoxy) is 3. The first kappa shape index (κ1) is 47.3. The fraction of sp³-hybridized carbons (Fsp3) is 0.927. The molecule has 0 saturated carbocycles. The zero-order chi connectivity index (χ0) is 36.4. The molecular formula is C41H79NO7. The molecule has 0 spiro atoms. The van der Waals surface area contributed by atoms with E-state index in [2.05, 4.69) is 13.8 Å². The van der Waals surface area contributed by atoms with Gasteiger partial charge in [0.1, 0.15) is 12.6 Å². The van der Waals surface area contributed by atoms with Crippen LogP contribution in [0.3, 0.4) is 0 Å². The first-order chi connectivity index (χ1) is 23.6. The third-order valence-corrected chi connectivity index (χ3v) is 9.49. The number of unbranched alkanes of at least 4 members (excludes halogenated alkanes) is 23. The Labute approximate surface area is 302 Å². The molecule has 0 radical (unpaired) electrons. The smallest absolute Gasteiger partial charge is 0.306 e. The van der Waals surface area contributed by atoms with E-state index < -0.39 is 18.1 Å². The van der Waals surface area contributed by atoms with Gasteiger partial charge >= 0.3 is 11.9 Å². The van der Waals surface area contributed by atoms with Gasteiger partial charge < -0.3 is 28.6 Å². The van der Waals surface area contributed by atoms with Crippen molar-refractivity contribution in [1.82, 2.24) is 0 Å². The van der Waals surface area contributed by atoms with Crippen LogP contribution in [0.4, 0.5) is 0 Å². The van der Waals surface area contributed by atoms with Gasteiger partial charge in [-0.05, 0) is 12.8 Å². The zero-order valence-electron chi connectivity index (χ0n) is 32.9. The van der Waals surface area contributed by atoms with Gasteiger partial charge in [0.05, 0.1) is 40.3 Å². The van der Waals surface area contributed by atoms with Crippen molar-refractivity contribution in [3.8, 4) is 0 Å². The van der Waals surface area contributed by atoms with Crippen molar-refractivity contribution in [2.75, 3.05) is 41.0 Å². The Morgan fingerprint density at radius 3 is 1.27 bits per heavy atom. The van der Waals surface area contributed by atoms with Gasteiger partial charge in [-0.2, -0.15) is 0 Å². The normalized spacial score (nSPS) is 12.9. The van der Waals surface area contributed by atoms with E-state index in [9.17, 15) is 19.5 Å². The maximum Gasteiger partial charge on any atom is 0.306 e. The highest BCUT2D eigenvalue weighted by molar-refractivity contribution is 5.70. The van der Waals surface area contributed by atoms with Crippen LogP contribution in [0.25, 0.3) is 0 Å². The quantitative estimate of drug-likeness (QED) is 0.0362. The van der Waals surface area contributed by atoms with Crippen LogP contribution in [0.1, 0.15) is 194 Å². The van der Waals surface area contributed by atoms with Crippen molar-refractivity contribution < 1.29 is 38.2 Å². The summed E-state index contributed by atoms with van der Waals surface area (Å²) in [5.41, 5.74) is 0. The average molecular weight is 698 g/mol. The lowest BCUT2D eigenvalue weighted by Crippen LogP contribution is -2.55. The van der Waals surface area contributed by atoms with E-state index in [-0.39, 0.29) is 42.7 Å². The molecule has 0 aromatic rings. The summed E-state index contributed by atoms with van der Waals surface area (Å²) < 4.78 is 17.1. The number of rotatable bonds is 37. The van der Waals surface area contributed by atoms with Crippen LogP contribution in [0.15, 0.2) is 0 Å².